The molecule has 0 aliphatic heterocycles. The minimum absolute atomic E-state index is 0.0367. The first-order chi connectivity index (χ1) is 11.1. The monoisotopic (exact) mass is 330 g/mol. The fraction of sp³-hybridized carbons (Fsp3) is 0.188. The van der Waals surface area contributed by atoms with Gasteiger partial charge in [0.1, 0.15) is 11.4 Å². The number of aromatic hydroxyl groups is 1. The van der Waals surface area contributed by atoms with Gasteiger partial charge < -0.3 is 15.5 Å². The fourth-order valence-electron chi connectivity index (χ4n) is 2.28. The lowest BCUT2D eigenvalue weighted by molar-refractivity contribution is 0.208. The molecule has 0 bridgehead atoms. The molecule has 0 amide bonds. The summed E-state index contributed by atoms with van der Waals surface area (Å²) in [6.45, 7) is 2.03. The zero-order valence-corrected chi connectivity index (χ0v) is 13.1. The summed E-state index contributed by atoms with van der Waals surface area (Å²) in [5.41, 5.74) is 1.08. The van der Waals surface area contributed by atoms with Gasteiger partial charge in [-0.1, -0.05) is 11.6 Å². The van der Waals surface area contributed by atoms with Crippen LogP contribution in [-0.2, 0) is 0 Å². The largest absolute Gasteiger partial charge is 0.507 e. The molecular formula is C16H15ClN4O2. The smallest absolute Gasteiger partial charge is 0.158 e. The quantitative estimate of drug-likeness (QED) is 0.681. The Kier molecular flexibility index (Phi) is 4.27. The van der Waals surface area contributed by atoms with Crippen LogP contribution in [0.3, 0.4) is 0 Å². The van der Waals surface area contributed by atoms with Crippen LogP contribution in [0, 0.1) is 0 Å². The predicted molar refractivity (Wildman–Crippen MR) is 89.6 cm³/mol. The third-order valence-electron chi connectivity index (χ3n) is 3.36. The Morgan fingerprint density at radius 1 is 1.22 bits per heavy atom. The highest BCUT2D eigenvalue weighted by Gasteiger charge is 2.14. The summed E-state index contributed by atoms with van der Waals surface area (Å²) in [4.78, 5) is 4.12. The summed E-state index contributed by atoms with van der Waals surface area (Å²) < 4.78 is 0. The van der Waals surface area contributed by atoms with E-state index in [0.717, 1.165) is 10.8 Å². The van der Waals surface area contributed by atoms with E-state index in [9.17, 15) is 10.2 Å². The van der Waals surface area contributed by atoms with E-state index in [4.69, 9.17) is 11.6 Å². The second kappa shape index (κ2) is 6.36. The van der Waals surface area contributed by atoms with Crippen LogP contribution in [0.4, 0.5) is 5.82 Å². The van der Waals surface area contributed by atoms with Gasteiger partial charge in [0.05, 0.1) is 6.10 Å². The Bertz CT molecular complexity index is 855. The number of benzene rings is 1. The Labute approximate surface area is 137 Å². The number of fused-ring (bicyclic) bond motifs is 1. The second-order valence-electron chi connectivity index (χ2n) is 5.21. The van der Waals surface area contributed by atoms with Crippen molar-refractivity contribution in [2.45, 2.75) is 13.0 Å². The van der Waals surface area contributed by atoms with Crippen LogP contribution in [0.1, 0.15) is 6.92 Å². The molecule has 1 atom stereocenters. The molecule has 0 saturated carbocycles. The normalized spacial score (nSPS) is 12.3. The summed E-state index contributed by atoms with van der Waals surface area (Å²) in [6.07, 6.45) is 2.81. The molecular weight excluding hydrogens is 316 g/mol. The van der Waals surface area contributed by atoms with Crippen molar-refractivity contribution in [3.8, 4) is 17.0 Å². The second-order valence-corrected chi connectivity index (χ2v) is 5.65. The predicted octanol–water partition coefficient (Wildman–Crippen LogP) is 2.84. The highest BCUT2D eigenvalue weighted by Crippen LogP contribution is 2.35. The van der Waals surface area contributed by atoms with Gasteiger partial charge in [0.25, 0.3) is 0 Å². The number of nitrogens with one attached hydrogen (secondary N) is 1. The third-order valence-corrected chi connectivity index (χ3v) is 3.60. The zero-order valence-electron chi connectivity index (χ0n) is 12.4. The van der Waals surface area contributed by atoms with E-state index in [0.29, 0.717) is 28.6 Å². The number of phenolic OH excluding ortho intramolecular Hbond substituents is 1. The van der Waals surface area contributed by atoms with Crippen molar-refractivity contribution in [3.05, 3.63) is 41.7 Å². The van der Waals surface area contributed by atoms with Crippen molar-refractivity contribution in [1.82, 2.24) is 15.2 Å². The molecule has 0 spiro atoms. The van der Waals surface area contributed by atoms with E-state index < -0.39 is 6.10 Å². The molecule has 3 rings (SSSR count). The van der Waals surface area contributed by atoms with Crippen LogP contribution < -0.4 is 5.32 Å². The lowest BCUT2D eigenvalue weighted by Gasteiger charge is -2.12. The Hall–Kier alpha value is -2.44. The van der Waals surface area contributed by atoms with Gasteiger partial charge in [-0.25, -0.2) is 0 Å². The van der Waals surface area contributed by atoms with E-state index in [1.165, 1.54) is 6.07 Å². The standard InChI is InChI=1S/C16H15ClN4O2/c1-9(22)7-19-16-13-8-18-5-4-11(13)15(20-21-16)12-3-2-10(17)6-14(12)23/h2-6,8-9,22-23H,7H2,1H3,(H,19,21)/t9-/m1/s1. The molecule has 3 aromatic rings. The van der Waals surface area contributed by atoms with E-state index in [1.807, 2.05) is 0 Å². The van der Waals surface area contributed by atoms with Gasteiger partial charge in [-0.3, -0.25) is 4.98 Å². The maximum atomic E-state index is 10.1. The van der Waals surface area contributed by atoms with Crippen molar-refractivity contribution in [3.63, 3.8) is 0 Å². The number of nitrogens with zero attached hydrogens (tertiary/aromatic N) is 3. The molecule has 118 valence electrons. The van der Waals surface area contributed by atoms with Gasteiger partial charge in [0.2, 0.25) is 0 Å². The maximum Gasteiger partial charge on any atom is 0.158 e. The average molecular weight is 331 g/mol. The van der Waals surface area contributed by atoms with E-state index >= 15 is 0 Å². The van der Waals surface area contributed by atoms with Crippen LogP contribution in [-0.4, -0.2) is 38.0 Å². The molecule has 1 aromatic carbocycles. The molecule has 0 aliphatic carbocycles. The number of aliphatic hydroxyl groups is 1. The van der Waals surface area contributed by atoms with Crippen LogP contribution in [0.2, 0.25) is 5.02 Å². The number of anilines is 1. The molecule has 6 nitrogen and oxygen atoms in total. The molecule has 0 saturated heterocycles. The fourth-order valence-corrected chi connectivity index (χ4v) is 2.44. The van der Waals surface area contributed by atoms with Gasteiger partial charge in [0, 0.05) is 40.3 Å². The first kappa shape index (κ1) is 15.5. The molecule has 23 heavy (non-hydrogen) atoms. The number of pyridine rings is 1. The summed E-state index contributed by atoms with van der Waals surface area (Å²) in [6, 6.07) is 6.65. The number of aromatic nitrogens is 3. The van der Waals surface area contributed by atoms with Crippen molar-refractivity contribution in [1.29, 1.82) is 0 Å². The average Bonchev–Trinajstić information content (AvgIpc) is 2.53. The maximum absolute atomic E-state index is 10.1. The summed E-state index contributed by atoms with van der Waals surface area (Å²) in [5.74, 6) is 0.570. The van der Waals surface area contributed by atoms with E-state index in [-0.39, 0.29) is 5.75 Å². The molecule has 0 radical (unpaired) electrons. The topological polar surface area (TPSA) is 91.2 Å². The molecule has 0 unspecified atom stereocenters. The third kappa shape index (κ3) is 3.18. The van der Waals surface area contributed by atoms with Crippen molar-refractivity contribution in [2.24, 2.45) is 0 Å². The lowest BCUT2D eigenvalue weighted by Crippen LogP contribution is -2.16. The number of phenols is 1. The zero-order chi connectivity index (χ0) is 16.4. The van der Waals surface area contributed by atoms with Crippen LogP contribution >= 0.6 is 11.6 Å². The minimum Gasteiger partial charge on any atom is -0.507 e. The lowest BCUT2D eigenvalue weighted by atomic mass is 10.1. The molecule has 0 fully saturated rings. The molecule has 2 aromatic heterocycles. The summed E-state index contributed by atoms with van der Waals surface area (Å²) in [5, 5.41) is 33.0. The molecule has 3 N–H and O–H groups in total. The van der Waals surface area contributed by atoms with Crippen LogP contribution in [0.5, 0.6) is 5.75 Å². The van der Waals surface area contributed by atoms with Gasteiger partial charge >= 0.3 is 0 Å². The number of halogens is 1. The SMILES string of the molecule is C[C@@H](O)CNc1nnc(-c2ccc(Cl)cc2O)c2ccncc12. The van der Waals surface area contributed by atoms with Gasteiger partial charge in [-0.2, -0.15) is 0 Å². The summed E-state index contributed by atoms with van der Waals surface area (Å²) >= 11 is 5.88. The van der Waals surface area contributed by atoms with E-state index in [2.05, 4.69) is 20.5 Å². The first-order valence-electron chi connectivity index (χ1n) is 7.07. The van der Waals surface area contributed by atoms with Crippen molar-refractivity contribution >= 4 is 28.2 Å². The highest BCUT2D eigenvalue weighted by molar-refractivity contribution is 6.30. The molecule has 2 heterocycles. The number of rotatable bonds is 4. The minimum atomic E-state index is -0.511. The Balaban J connectivity index is 2.14. The number of hydrogen-bond donors (Lipinski definition) is 3. The highest BCUT2D eigenvalue weighted by atomic mass is 35.5. The van der Waals surface area contributed by atoms with Gasteiger partial charge in [0.15, 0.2) is 5.82 Å². The first-order valence-corrected chi connectivity index (χ1v) is 7.45. The molecule has 0 aliphatic rings. The molecule has 7 heteroatoms. The Morgan fingerprint density at radius 2 is 2.04 bits per heavy atom. The summed E-state index contributed by atoms with van der Waals surface area (Å²) in [7, 11) is 0. The van der Waals surface area contributed by atoms with Crippen LogP contribution in [0.25, 0.3) is 22.0 Å². The van der Waals surface area contributed by atoms with E-state index in [1.54, 1.807) is 37.5 Å². The Morgan fingerprint density at radius 3 is 2.78 bits per heavy atom. The van der Waals surface area contributed by atoms with Gasteiger partial charge in [-0.15, -0.1) is 10.2 Å². The van der Waals surface area contributed by atoms with Crippen molar-refractivity contribution < 1.29 is 10.2 Å². The number of aliphatic hydroxyl groups excluding tert-OH is 1. The number of hydrogen-bond acceptors (Lipinski definition) is 6. The van der Waals surface area contributed by atoms with Crippen molar-refractivity contribution in [2.75, 3.05) is 11.9 Å². The van der Waals surface area contributed by atoms with Gasteiger partial charge in [-0.05, 0) is 31.2 Å². The van der Waals surface area contributed by atoms with Crippen LogP contribution in [0.15, 0.2) is 36.7 Å².